The first-order valence-corrected chi connectivity index (χ1v) is 7.08. The second-order valence-electron chi connectivity index (χ2n) is 5.06. The van der Waals surface area contributed by atoms with Gasteiger partial charge in [0, 0.05) is 30.3 Å². The standard InChI is InChI=1S/C15H22N4O3/c1-4-17-14(21)11-5-6-12(9(2)7-11)19-15(22)18-10(3)8-13(16)20/h5-7,10H,4,8H2,1-3H3,(H2,16,20)(H,17,21)(H2,18,19,22). The summed E-state index contributed by atoms with van der Waals surface area (Å²) >= 11 is 0. The summed E-state index contributed by atoms with van der Waals surface area (Å²) in [6.07, 6.45) is 0.0720. The monoisotopic (exact) mass is 306 g/mol. The van der Waals surface area contributed by atoms with Crippen LogP contribution in [-0.4, -0.2) is 30.4 Å². The lowest BCUT2D eigenvalue weighted by molar-refractivity contribution is -0.118. The number of aryl methyl sites for hydroxylation is 1. The van der Waals surface area contributed by atoms with Gasteiger partial charge < -0.3 is 21.7 Å². The molecule has 1 atom stereocenters. The fourth-order valence-corrected chi connectivity index (χ4v) is 1.94. The Labute approximate surface area is 129 Å². The summed E-state index contributed by atoms with van der Waals surface area (Å²) in [6, 6.07) is 4.22. The largest absolute Gasteiger partial charge is 0.370 e. The van der Waals surface area contributed by atoms with Crippen molar-refractivity contribution in [2.24, 2.45) is 5.73 Å². The summed E-state index contributed by atoms with van der Waals surface area (Å²) < 4.78 is 0. The van der Waals surface area contributed by atoms with Crippen molar-refractivity contribution < 1.29 is 14.4 Å². The molecule has 0 heterocycles. The minimum Gasteiger partial charge on any atom is -0.370 e. The van der Waals surface area contributed by atoms with E-state index in [2.05, 4.69) is 16.0 Å². The molecule has 0 spiro atoms. The molecule has 5 N–H and O–H groups in total. The highest BCUT2D eigenvalue weighted by molar-refractivity contribution is 5.96. The predicted molar refractivity (Wildman–Crippen MR) is 84.6 cm³/mol. The van der Waals surface area contributed by atoms with Crippen LogP contribution in [0.2, 0.25) is 0 Å². The molecule has 0 fully saturated rings. The summed E-state index contributed by atoms with van der Waals surface area (Å²) in [6.45, 7) is 5.89. The molecule has 0 aliphatic rings. The van der Waals surface area contributed by atoms with E-state index in [-0.39, 0.29) is 18.4 Å². The van der Waals surface area contributed by atoms with Gasteiger partial charge >= 0.3 is 6.03 Å². The molecule has 1 aromatic rings. The van der Waals surface area contributed by atoms with Gasteiger partial charge in [-0.2, -0.15) is 0 Å². The minimum atomic E-state index is -0.477. The maximum Gasteiger partial charge on any atom is 0.319 e. The van der Waals surface area contributed by atoms with Crippen molar-refractivity contribution in [2.75, 3.05) is 11.9 Å². The van der Waals surface area contributed by atoms with Gasteiger partial charge in [-0.15, -0.1) is 0 Å². The van der Waals surface area contributed by atoms with Gasteiger partial charge in [-0.3, -0.25) is 9.59 Å². The van der Waals surface area contributed by atoms with Crippen LogP contribution in [0.5, 0.6) is 0 Å². The third kappa shape index (κ3) is 5.43. The van der Waals surface area contributed by atoms with Crippen LogP contribution in [0.1, 0.15) is 36.2 Å². The van der Waals surface area contributed by atoms with Gasteiger partial charge in [0.05, 0.1) is 0 Å². The van der Waals surface area contributed by atoms with Crippen LogP contribution in [0, 0.1) is 6.92 Å². The maximum atomic E-state index is 11.8. The second-order valence-corrected chi connectivity index (χ2v) is 5.06. The zero-order valence-electron chi connectivity index (χ0n) is 13.0. The van der Waals surface area contributed by atoms with Crippen molar-refractivity contribution in [2.45, 2.75) is 33.2 Å². The number of urea groups is 1. The SMILES string of the molecule is CCNC(=O)c1ccc(NC(=O)NC(C)CC(N)=O)c(C)c1. The summed E-state index contributed by atoms with van der Waals surface area (Å²) in [5.41, 5.74) is 6.96. The topological polar surface area (TPSA) is 113 Å². The highest BCUT2D eigenvalue weighted by Gasteiger charge is 2.12. The molecule has 7 heteroatoms. The van der Waals surface area contributed by atoms with Crippen molar-refractivity contribution in [3.8, 4) is 0 Å². The Morgan fingerprint density at radius 3 is 2.50 bits per heavy atom. The lowest BCUT2D eigenvalue weighted by Crippen LogP contribution is -2.38. The van der Waals surface area contributed by atoms with E-state index in [4.69, 9.17) is 5.73 Å². The molecule has 0 aromatic heterocycles. The molecule has 4 amide bonds. The first kappa shape index (κ1) is 17.5. The average Bonchev–Trinajstić information content (AvgIpc) is 2.40. The first-order valence-electron chi connectivity index (χ1n) is 7.08. The molecule has 0 saturated heterocycles. The molecule has 0 radical (unpaired) electrons. The number of carbonyl (C=O) groups is 3. The molecule has 0 saturated carbocycles. The van der Waals surface area contributed by atoms with E-state index in [1.165, 1.54) is 0 Å². The van der Waals surface area contributed by atoms with Crippen LogP contribution in [0.3, 0.4) is 0 Å². The highest BCUT2D eigenvalue weighted by atomic mass is 16.2. The zero-order chi connectivity index (χ0) is 16.7. The van der Waals surface area contributed by atoms with Gasteiger partial charge in [-0.05, 0) is 44.5 Å². The van der Waals surface area contributed by atoms with Crippen LogP contribution < -0.4 is 21.7 Å². The summed E-state index contributed by atoms with van der Waals surface area (Å²) in [7, 11) is 0. The van der Waals surface area contributed by atoms with Gasteiger partial charge in [-0.25, -0.2) is 4.79 Å². The maximum absolute atomic E-state index is 11.8. The van der Waals surface area contributed by atoms with E-state index in [0.29, 0.717) is 17.8 Å². The summed E-state index contributed by atoms with van der Waals surface area (Å²) in [4.78, 5) is 34.3. The van der Waals surface area contributed by atoms with E-state index >= 15 is 0 Å². The van der Waals surface area contributed by atoms with Crippen LogP contribution in [-0.2, 0) is 4.79 Å². The van der Waals surface area contributed by atoms with Crippen molar-refractivity contribution in [1.29, 1.82) is 0 Å². The smallest absolute Gasteiger partial charge is 0.319 e. The molecular weight excluding hydrogens is 284 g/mol. The molecule has 1 rings (SSSR count). The second kappa shape index (κ2) is 8.02. The van der Waals surface area contributed by atoms with Crippen LogP contribution in [0.25, 0.3) is 0 Å². The Morgan fingerprint density at radius 1 is 1.27 bits per heavy atom. The van der Waals surface area contributed by atoms with E-state index in [1.54, 1.807) is 32.0 Å². The minimum absolute atomic E-state index is 0.0720. The summed E-state index contributed by atoms with van der Waals surface area (Å²) in [5, 5.41) is 8.00. The number of hydrogen-bond acceptors (Lipinski definition) is 3. The van der Waals surface area contributed by atoms with Crippen molar-refractivity contribution >= 4 is 23.5 Å². The number of nitrogens with one attached hydrogen (secondary N) is 3. The molecule has 7 nitrogen and oxygen atoms in total. The number of nitrogens with two attached hydrogens (primary N) is 1. The first-order chi connectivity index (χ1) is 10.3. The molecular formula is C15H22N4O3. The average molecular weight is 306 g/mol. The Bertz CT molecular complexity index is 572. The molecule has 120 valence electrons. The van der Waals surface area contributed by atoms with E-state index in [1.807, 2.05) is 6.92 Å². The zero-order valence-corrected chi connectivity index (χ0v) is 13.0. The number of primary amides is 1. The number of amides is 4. The Kier molecular flexibility index (Phi) is 6.37. The Morgan fingerprint density at radius 2 is 1.95 bits per heavy atom. The van der Waals surface area contributed by atoms with E-state index < -0.39 is 11.9 Å². The number of anilines is 1. The molecule has 1 unspecified atom stereocenters. The lowest BCUT2D eigenvalue weighted by atomic mass is 10.1. The third-order valence-corrected chi connectivity index (χ3v) is 2.96. The molecule has 0 aliphatic carbocycles. The normalized spacial score (nSPS) is 11.4. The molecule has 22 heavy (non-hydrogen) atoms. The third-order valence-electron chi connectivity index (χ3n) is 2.96. The van der Waals surface area contributed by atoms with Crippen molar-refractivity contribution in [3.05, 3.63) is 29.3 Å². The highest BCUT2D eigenvalue weighted by Crippen LogP contribution is 2.16. The van der Waals surface area contributed by atoms with E-state index in [9.17, 15) is 14.4 Å². The van der Waals surface area contributed by atoms with Crippen LogP contribution in [0.4, 0.5) is 10.5 Å². The fraction of sp³-hybridized carbons (Fsp3) is 0.400. The number of rotatable bonds is 6. The number of hydrogen-bond donors (Lipinski definition) is 4. The van der Waals surface area contributed by atoms with Crippen LogP contribution >= 0.6 is 0 Å². The molecule has 0 bridgehead atoms. The summed E-state index contributed by atoms with van der Waals surface area (Å²) in [5.74, 6) is -0.632. The van der Waals surface area contributed by atoms with Crippen molar-refractivity contribution in [1.82, 2.24) is 10.6 Å². The van der Waals surface area contributed by atoms with Gasteiger partial charge in [-0.1, -0.05) is 0 Å². The van der Waals surface area contributed by atoms with E-state index in [0.717, 1.165) is 5.56 Å². The Balaban J connectivity index is 2.68. The molecule has 0 aliphatic heterocycles. The Hall–Kier alpha value is -2.57. The number of benzene rings is 1. The lowest BCUT2D eigenvalue weighted by Gasteiger charge is -2.14. The molecule has 1 aromatic carbocycles. The van der Waals surface area contributed by atoms with Crippen molar-refractivity contribution in [3.63, 3.8) is 0 Å². The van der Waals surface area contributed by atoms with Gasteiger partial charge in [0.15, 0.2) is 0 Å². The number of carbonyl (C=O) groups excluding carboxylic acids is 3. The van der Waals surface area contributed by atoms with Crippen LogP contribution in [0.15, 0.2) is 18.2 Å². The predicted octanol–water partition coefficient (Wildman–Crippen LogP) is 1.13. The fourth-order valence-electron chi connectivity index (χ4n) is 1.94. The van der Waals surface area contributed by atoms with Gasteiger partial charge in [0.1, 0.15) is 0 Å². The van der Waals surface area contributed by atoms with Gasteiger partial charge in [0.25, 0.3) is 5.91 Å². The quantitative estimate of drug-likeness (QED) is 0.631. The van der Waals surface area contributed by atoms with Gasteiger partial charge in [0.2, 0.25) is 5.91 Å².